The molecular formula is C13H24ClNO2. The smallest absolute Gasteiger partial charge is 0.225 e. The summed E-state index contributed by atoms with van der Waals surface area (Å²) in [5, 5.41) is 0. The van der Waals surface area contributed by atoms with Crippen LogP contribution < -0.4 is 0 Å². The van der Waals surface area contributed by atoms with E-state index >= 15 is 0 Å². The number of alkyl halides is 1. The minimum absolute atomic E-state index is 0.0521. The molecule has 0 bridgehead atoms. The molecule has 100 valence electrons. The topological polar surface area (TPSA) is 29.5 Å². The molecule has 0 radical (unpaired) electrons. The predicted molar refractivity (Wildman–Crippen MR) is 70.3 cm³/mol. The SMILES string of the molecule is CC(C)C(C)C(=O)N1CC(CCl)OC(C)(C)C1. The van der Waals surface area contributed by atoms with E-state index in [1.54, 1.807) is 0 Å². The molecule has 1 aliphatic heterocycles. The molecule has 3 nitrogen and oxygen atoms in total. The zero-order valence-electron chi connectivity index (χ0n) is 11.5. The Labute approximate surface area is 109 Å². The van der Waals surface area contributed by atoms with Crippen molar-refractivity contribution in [2.45, 2.75) is 46.3 Å². The van der Waals surface area contributed by atoms with Crippen LogP contribution in [0.4, 0.5) is 0 Å². The lowest BCUT2D eigenvalue weighted by Gasteiger charge is -2.43. The molecule has 1 amide bonds. The van der Waals surface area contributed by atoms with E-state index < -0.39 is 0 Å². The zero-order valence-corrected chi connectivity index (χ0v) is 12.3. The molecule has 1 fully saturated rings. The minimum atomic E-state index is -0.301. The number of hydrogen-bond donors (Lipinski definition) is 0. The minimum Gasteiger partial charge on any atom is -0.367 e. The summed E-state index contributed by atoms with van der Waals surface area (Å²) in [6.45, 7) is 11.4. The lowest BCUT2D eigenvalue weighted by Crippen LogP contribution is -2.56. The molecule has 0 aromatic carbocycles. The summed E-state index contributed by atoms with van der Waals surface area (Å²) in [5.41, 5.74) is -0.301. The highest BCUT2D eigenvalue weighted by Crippen LogP contribution is 2.24. The summed E-state index contributed by atoms with van der Waals surface area (Å²) in [6.07, 6.45) is -0.0521. The molecule has 1 heterocycles. The summed E-state index contributed by atoms with van der Waals surface area (Å²) in [5.74, 6) is 1.07. The third kappa shape index (κ3) is 3.85. The maximum absolute atomic E-state index is 12.3. The molecule has 0 aromatic heterocycles. The van der Waals surface area contributed by atoms with Gasteiger partial charge in [-0.05, 0) is 19.8 Å². The van der Waals surface area contributed by atoms with Crippen molar-refractivity contribution in [2.24, 2.45) is 11.8 Å². The maximum Gasteiger partial charge on any atom is 0.225 e. The van der Waals surface area contributed by atoms with Crippen molar-refractivity contribution in [3.63, 3.8) is 0 Å². The number of carbonyl (C=O) groups is 1. The second kappa shape index (κ2) is 5.57. The van der Waals surface area contributed by atoms with Crippen molar-refractivity contribution < 1.29 is 9.53 Å². The van der Waals surface area contributed by atoms with Crippen LogP contribution in [-0.4, -0.2) is 41.5 Å². The van der Waals surface area contributed by atoms with E-state index in [9.17, 15) is 4.79 Å². The van der Waals surface area contributed by atoms with Crippen LogP contribution in [0.1, 0.15) is 34.6 Å². The standard InChI is InChI=1S/C13H24ClNO2/c1-9(2)10(3)12(16)15-7-11(6-14)17-13(4,5)8-15/h9-11H,6-8H2,1-5H3. The van der Waals surface area contributed by atoms with E-state index in [2.05, 4.69) is 13.8 Å². The molecule has 1 rings (SSSR count). The molecule has 0 aromatic rings. The largest absolute Gasteiger partial charge is 0.367 e. The van der Waals surface area contributed by atoms with Gasteiger partial charge in [-0.25, -0.2) is 0 Å². The summed E-state index contributed by atoms with van der Waals surface area (Å²) < 4.78 is 5.82. The van der Waals surface area contributed by atoms with Gasteiger partial charge in [0.2, 0.25) is 5.91 Å². The van der Waals surface area contributed by atoms with Crippen molar-refractivity contribution in [1.29, 1.82) is 0 Å². The van der Waals surface area contributed by atoms with E-state index in [0.29, 0.717) is 24.9 Å². The summed E-state index contributed by atoms with van der Waals surface area (Å²) >= 11 is 5.86. The normalized spacial score (nSPS) is 26.1. The molecule has 0 saturated carbocycles. The van der Waals surface area contributed by atoms with Crippen LogP contribution in [0.15, 0.2) is 0 Å². The third-order valence-electron chi connectivity index (χ3n) is 3.35. The molecule has 0 N–H and O–H groups in total. The van der Waals surface area contributed by atoms with Gasteiger partial charge < -0.3 is 9.64 Å². The van der Waals surface area contributed by atoms with Gasteiger partial charge in [0.05, 0.1) is 17.6 Å². The van der Waals surface area contributed by atoms with Crippen LogP contribution in [0, 0.1) is 11.8 Å². The molecule has 17 heavy (non-hydrogen) atoms. The van der Waals surface area contributed by atoms with Gasteiger partial charge >= 0.3 is 0 Å². The van der Waals surface area contributed by atoms with E-state index in [1.165, 1.54) is 0 Å². The average Bonchev–Trinajstić information content (AvgIpc) is 2.24. The molecule has 1 saturated heterocycles. The van der Waals surface area contributed by atoms with E-state index in [0.717, 1.165) is 0 Å². The van der Waals surface area contributed by atoms with Crippen LogP contribution >= 0.6 is 11.6 Å². The van der Waals surface area contributed by atoms with Crippen LogP contribution in [0.25, 0.3) is 0 Å². The lowest BCUT2D eigenvalue weighted by atomic mass is 9.95. The average molecular weight is 262 g/mol. The number of nitrogens with zero attached hydrogens (tertiary/aromatic N) is 1. The number of rotatable bonds is 3. The predicted octanol–water partition coefficient (Wildman–Crippen LogP) is 2.52. The first-order chi connectivity index (χ1) is 7.76. The number of ether oxygens (including phenoxy) is 1. The van der Waals surface area contributed by atoms with E-state index in [4.69, 9.17) is 16.3 Å². The highest BCUT2D eigenvalue weighted by atomic mass is 35.5. The first-order valence-electron chi connectivity index (χ1n) is 6.29. The number of amides is 1. The van der Waals surface area contributed by atoms with Gasteiger partial charge in [-0.15, -0.1) is 11.6 Å². The van der Waals surface area contributed by atoms with Gasteiger partial charge in [-0.3, -0.25) is 4.79 Å². The maximum atomic E-state index is 12.3. The summed E-state index contributed by atoms with van der Waals surface area (Å²) in [7, 11) is 0. The Morgan fingerprint density at radius 3 is 2.53 bits per heavy atom. The van der Waals surface area contributed by atoms with Crippen LogP contribution in [-0.2, 0) is 9.53 Å². The number of halogens is 1. The number of morpholine rings is 1. The Hall–Kier alpha value is -0.280. The van der Waals surface area contributed by atoms with Gasteiger partial charge in [-0.1, -0.05) is 20.8 Å². The first-order valence-corrected chi connectivity index (χ1v) is 6.83. The van der Waals surface area contributed by atoms with Crippen LogP contribution in [0.3, 0.4) is 0 Å². The van der Waals surface area contributed by atoms with Crippen molar-refractivity contribution in [1.82, 2.24) is 4.90 Å². The van der Waals surface area contributed by atoms with Crippen molar-refractivity contribution >= 4 is 17.5 Å². The van der Waals surface area contributed by atoms with Crippen LogP contribution in [0.2, 0.25) is 0 Å². The Balaban J connectivity index is 2.73. The fourth-order valence-electron chi connectivity index (χ4n) is 2.12. The summed E-state index contributed by atoms with van der Waals surface area (Å²) in [6, 6.07) is 0. The molecule has 2 unspecified atom stereocenters. The van der Waals surface area contributed by atoms with Crippen LogP contribution in [0.5, 0.6) is 0 Å². The number of hydrogen-bond acceptors (Lipinski definition) is 2. The Kier molecular flexibility index (Phi) is 4.85. The Bertz CT molecular complexity index is 279. The van der Waals surface area contributed by atoms with Gasteiger partial charge in [0, 0.05) is 19.0 Å². The van der Waals surface area contributed by atoms with Gasteiger partial charge in [0.1, 0.15) is 0 Å². The Morgan fingerprint density at radius 1 is 1.47 bits per heavy atom. The highest BCUT2D eigenvalue weighted by Gasteiger charge is 2.36. The molecule has 1 aliphatic rings. The number of carbonyl (C=O) groups excluding carboxylic acids is 1. The molecule has 0 aliphatic carbocycles. The fraction of sp³-hybridized carbons (Fsp3) is 0.923. The Morgan fingerprint density at radius 2 is 2.06 bits per heavy atom. The first kappa shape index (κ1) is 14.8. The summed E-state index contributed by atoms with van der Waals surface area (Å²) in [4.78, 5) is 14.2. The van der Waals surface area contributed by atoms with Crippen molar-refractivity contribution in [3.8, 4) is 0 Å². The van der Waals surface area contributed by atoms with Gasteiger partial charge in [-0.2, -0.15) is 0 Å². The lowest BCUT2D eigenvalue weighted by molar-refractivity contribution is -0.161. The quantitative estimate of drug-likeness (QED) is 0.731. The van der Waals surface area contributed by atoms with Gasteiger partial charge in [0.25, 0.3) is 0 Å². The zero-order chi connectivity index (χ0) is 13.2. The second-order valence-electron chi connectivity index (χ2n) is 5.91. The molecule has 4 heteroatoms. The van der Waals surface area contributed by atoms with E-state index in [-0.39, 0.29) is 23.5 Å². The molecular weight excluding hydrogens is 238 g/mol. The second-order valence-corrected chi connectivity index (χ2v) is 6.21. The molecule has 2 atom stereocenters. The van der Waals surface area contributed by atoms with Crippen molar-refractivity contribution in [2.75, 3.05) is 19.0 Å². The fourth-order valence-corrected chi connectivity index (χ4v) is 2.28. The monoisotopic (exact) mass is 261 g/mol. The highest BCUT2D eigenvalue weighted by molar-refractivity contribution is 6.18. The third-order valence-corrected chi connectivity index (χ3v) is 3.70. The molecule has 0 spiro atoms. The van der Waals surface area contributed by atoms with E-state index in [1.807, 2.05) is 25.7 Å². The van der Waals surface area contributed by atoms with Crippen molar-refractivity contribution in [3.05, 3.63) is 0 Å². The van der Waals surface area contributed by atoms with Gasteiger partial charge in [0.15, 0.2) is 0 Å².